The Morgan fingerprint density at radius 1 is 1.07 bits per heavy atom. The number of nitrogens with zero attached hydrogens (tertiary/aromatic N) is 2. The summed E-state index contributed by atoms with van der Waals surface area (Å²) in [7, 11) is 1.44. The highest BCUT2D eigenvalue weighted by atomic mass is 16.5. The van der Waals surface area contributed by atoms with E-state index >= 15 is 0 Å². The molecule has 0 bridgehead atoms. The number of para-hydroxylation sites is 1. The third-order valence-corrected chi connectivity index (χ3v) is 4.52. The minimum Gasteiger partial charge on any atom is -0.493 e. The van der Waals surface area contributed by atoms with Gasteiger partial charge in [-0.2, -0.15) is 5.10 Å². The second-order valence-electron chi connectivity index (χ2n) is 6.54. The Labute approximate surface area is 172 Å². The van der Waals surface area contributed by atoms with Crippen molar-refractivity contribution < 1.29 is 28.5 Å². The average molecular weight is 408 g/mol. The van der Waals surface area contributed by atoms with E-state index in [9.17, 15) is 9.59 Å². The van der Waals surface area contributed by atoms with Gasteiger partial charge in [0.05, 0.1) is 32.2 Å². The second-order valence-corrected chi connectivity index (χ2v) is 6.54. The van der Waals surface area contributed by atoms with Crippen molar-refractivity contribution in [3.05, 3.63) is 66.0 Å². The van der Waals surface area contributed by atoms with E-state index in [1.54, 1.807) is 24.4 Å². The van der Waals surface area contributed by atoms with E-state index in [-0.39, 0.29) is 17.2 Å². The Morgan fingerprint density at radius 3 is 2.60 bits per heavy atom. The largest absolute Gasteiger partial charge is 0.493 e. The molecule has 0 N–H and O–H groups in total. The van der Waals surface area contributed by atoms with Gasteiger partial charge in [0.2, 0.25) is 5.69 Å². The number of aromatic nitrogens is 2. The number of methoxy groups -OCH3 is 1. The zero-order chi connectivity index (χ0) is 20.9. The number of ketones is 1. The summed E-state index contributed by atoms with van der Waals surface area (Å²) >= 11 is 0. The molecular weight excluding hydrogens is 388 g/mol. The normalized spacial score (nSPS) is 12.7. The molecule has 1 aliphatic heterocycles. The van der Waals surface area contributed by atoms with E-state index < -0.39 is 12.6 Å². The van der Waals surface area contributed by atoms with Gasteiger partial charge >= 0.3 is 5.97 Å². The fourth-order valence-corrected chi connectivity index (χ4v) is 2.98. The van der Waals surface area contributed by atoms with Crippen LogP contribution in [0.2, 0.25) is 0 Å². The van der Waals surface area contributed by atoms with Crippen LogP contribution in [0.4, 0.5) is 0 Å². The molecule has 30 heavy (non-hydrogen) atoms. The van der Waals surface area contributed by atoms with Gasteiger partial charge in [-0.15, -0.1) is 0 Å². The molecule has 0 unspecified atom stereocenters. The molecule has 154 valence electrons. The van der Waals surface area contributed by atoms with E-state index in [1.807, 2.05) is 30.3 Å². The SMILES string of the molecule is COc1cn(-c2ccccc2)nc1C(=O)OCC(=O)c1ccc2c(c1)OCCCO2. The van der Waals surface area contributed by atoms with Crippen molar-refractivity contribution in [2.24, 2.45) is 0 Å². The fourth-order valence-electron chi connectivity index (χ4n) is 2.98. The lowest BCUT2D eigenvalue weighted by atomic mass is 10.1. The van der Waals surface area contributed by atoms with Crippen LogP contribution in [0.5, 0.6) is 17.2 Å². The molecule has 0 fully saturated rings. The summed E-state index contributed by atoms with van der Waals surface area (Å²) in [6.45, 7) is 0.651. The number of hydrogen-bond donors (Lipinski definition) is 0. The lowest BCUT2D eigenvalue weighted by Crippen LogP contribution is -2.15. The molecule has 3 aromatic rings. The summed E-state index contributed by atoms with van der Waals surface area (Å²) in [5.74, 6) is 0.252. The van der Waals surface area contributed by atoms with Gasteiger partial charge in [-0.3, -0.25) is 4.79 Å². The summed E-state index contributed by atoms with van der Waals surface area (Å²) in [5, 5.41) is 4.24. The van der Waals surface area contributed by atoms with Gasteiger partial charge in [-0.25, -0.2) is 9.48 Å². The zero-order valence-electron chi connectivity index (χ0n) is 16.4. The molecule has 0 spiro atoms. The van der Waals surface area contributed by atoms with Crippen molar-refractivity contribution >= 4 is 11.8 Å². The highest BCUT2D eigenvalue weighted by molar-refractivity contribution is 6.00. The van der Waals surface area contributed by atoms with Crippen molar-refractivity contribution in [3.63, 3.8) is 0 Å². The van der Waals surface area contributed by atoms with Crippen molar-refractivity contribution in [2.45, 2.75) is 6.42 Å². The van der Waals surface area contributed by atoms with Crippen LogP contribution in [0.15, 0.2) is 54.7 Å². The topological polar surface area (TPSA) is 88.9 Å². The smallest absolute Gasteiger partial charge is 0.363 e. The van der Waals surface area contributed by atoms with E-state index in [0.717, 1.165) is 12.1 Å². The van der Waals surface area contributed by atoms with Gasteiger partial charge in [-0.1, -0.05) is 18.2 Å². The Kier molecular flexibility index (Phi) is 5.65. The molecule has 0 radical (unpaired) electrons. The first-order chi connectivity index (χ1) is 14.7. The van der Waals surface area contributed by atoms with Crippen LogP contribution in [-0.4, -0.2) is 48.5 Å². The van der Waals surface area contributed by atoms with Crippen molar-refractivity contribution in [2.75, 3.05) is 26.9 Å². The molecule has 0 saturated carbocycles. The Morgan fingerprint density at radius 2 is 1.83 bits per heavy atom. The summed E-state index contributed by atoms with van der Waals surface area (Å²) in [6.07, 6.45) is 2.35. The van der Waals surface area contributed by atoms with E-state index in [1.165, 1.54) is 11.8 Å². The summed E-state index contributed by atoms with van der Waals surface area (Å²) in [5.41, 5.74) is 1.12. The Hall–Kier alpha value is -3.81. The second kappa shape index (κ2) is 8.69. The first kappa shape index (κ1) is 19.5. The number of rotatable bonds is 6. The van der Waals surface area contributed by atoms with Crippen LogP contribution in [0.1, 0.15) is 27.3 Å². The highest BCUT2D eigenvalue weighted by Gasteiger charge is 2.22. The quantitative estimate of drug-likeness (QED) is 0.457. The maximum absolute atomic E-state index is 12.5. The average Bonchev–Trinajstić information content (AvgIpc) is 3.09. The number of fused-ring (bicyclic) bond motifs is 1. The molecule has 0 amide bonds. The van der Waals surface area contributed by atoms with Gasteiger partial charge < -0.3 is 18.9 Å². The molecule has 8 nitrogen and oxygen atoms in total. The third-order valence-electron chi connectivity index (χ3n) is 4.52. The number of Topliss-reactive ketones (excluding diaryl/α,β-unsaturated/α-hetero) is 1. The molecule has 1 aromatic heterocycles. The fraction of sp³-hybridized carbons (Fsp3) is 0.227. The van der Waals surface area contributed by atoms with E-state index in [0.29, 0.717) is 30.3 Å². The molecule has 0 atom stereocenters. The summed E-state index contributed by atoms with van der Waals surface area (Å²) in [6, 6.07) is 14.2. The van der Waals surface area contributed by atoms with Gasteiger partial charge in [0.1, 0.15) is 0 Å². The predicted molar refractivity (Wildman–Crippen MR) is 107 cm³/mol. The maximum Gasteiger partial charge on any atom is 0.363 e. The molecule has 1 aliphatic rings. The molecule has 4 rings (SSSR count). The minimum atomic E-state index is -0.746. The number of esters is 1. The van der Waals surface area contributed by atoms with Crippen LogP contribution in [0.25, 0.3) is 5.69 Å². The molecule has 0 aliphatic carbocycles. The maximum atomic E-state index is 12.5. The van der Waals surface area contributed by atoms with E-state index in [2.05, 4.69) is 5.10 Å². The van der Waals surface area contributed by atoms with Crippen molar-refractivity contribution in [1.82, 2.24) is 9.78 Å². The minimum absolute atomic E-state index is 0.00665. The van der Waals surface area contributed by atoms with Crippen LogP contribution in [0, 0.1) is 0 Å². The molecule has 0 saturated heterocycles. The van der Waals surface area contributed by atoms with Gasteiger partial charge in [0.25, 0.3) is 0 Å². The Bertz CT molecular complexity index is 1060. The number of carbonyl (C=O) groups excluding carboxylic acids is 2. The molecule has 2 heterocycles. The monoisotopic (exact) mass is 408 g/mol. The number of hydrogen-bond acceptors (Lipinski definition) is 7. The summed E-state index contributed by atoms with van der Waals surface area (Å²) < 4.78 is 23.1. The standard InChI is InChI=1S/C22H20N2O6/c1-27-20-13-24(16-6-3-2-4-7-16)23-21(20)22(26)30-14-17(25)15-8-9-18-19(12-15)29-11-5-10-28-18/h2-4,6-9,12-13H,5,10-11,14H2,1H3. The predicted octanol–water partition coefficient (Wildman–Crippen LogP) is 3.08. The number of ether oxygens (including phenoxy) is 4. The van der Waals surface area contributed by atoms with Gasteiger partial charge in [0.15, 0.2) is 29.6 Å². The van der Waals surface area contributed by atoms with Crippen molar-refractivity contribution in [3.8, 4) is 22.9 Å². The van der Waals surface area contributed by atoms with Crippen LogP contribution in [-0.2, 0) is 4.74 Å². The van der Waals surface area contributed by atoms with E-state index in [4.69, 9.17) is 18.9 Å². The van der Waals surface area contributed by atoms with Crippen molar-refractivity contribution in [1.29, 1.82) is 0 Å². The van der Waals surface area contributed by atoms with Crippen LogP contribution < -0.4 is 14.2 Å². The molecule has 8 heteroatoms. The van der Waals surface area contributed by atoms with Gasteiger partial charge in [0, 0.05) is 12.0 Å². The molecule has 2 aromatic carbocycles. The Balaban J connectivity index is 1.45. The number of benzene rings is 2. The van der Waals surface area contributed by atoms with Crippen LogP contribution >= 0.6 is 0 Å². The lowest BCUT2D eigenvalue weighted by Gasteiger charge is -2.09. The highest BCUT2D eigenvalue weighted by Crippen LogP contribution is 2.30. The third kappa shape index (κ3) is 4.12. The lowest BCUT2D eigenvalue weighted by molar-refractivity contribution is 0.0465. The molecular formula is C22H20N2O6. The first-order valence-corrected chi connectivity index (χ1v) is 9.45. The zero-order valence-corrected chi connectivity index (χ0v) is 16.4. The van der Waals surface area contributed by atoms with Crippen LogP contribution in [0.3, 0.4) is 0 Å². The first-order valence-electron chi connectivity index (χ1n) is 9.45. The summed E-state index contributed by atoms with van der Waals surface area (Å²) in [4.78, 5) is 25.0. The number of carbonyl (C=O) groups is 2. The van der Waals surface area contributed by atoms with Gasteiger partial charge in [-0.05, 0) is 30.3 Å².